The summed E-state index contributed by atoms with van der Waals surface area (Å²) < 4.78 is 1.96. The van der Waals surface area contributed by atoms with E-state index in [1.165, 1.54) is 0 Å². The molecule has 1 aliphatic heterocycles. The van der Waals surface area contributed by atoms with E-state index in [4.69, 9.17) is 0 Å². The normalized spacial score (nSPS) is 44.7. The Hall–Kier alpha value is -1.23. The number of nitrogens with zero attached hydrogens (tertiary/aromatic N) is 1. The molecule has 1 heterocycles. The molecule has 3 rings (SSSR count). The second-order valence-electron chi connectivity index (χ2n) is 6.72. The minimum Gasteiger partial charge on any atom is -0.476 e. The van der Waals surface area contributed by atoms with Crippen LogP contribution < -0.4 is 0 Å². The fourth-order valence-corrected chi connectivity index (χ4v) is 4.25. The van der Waals surface area contributed by atoms with Crippen molar-refractivity contribution in [2.24, 2.45) is 5.41 Å². The number of carboxylic acid groups (broad SMARTS) is 1. The number of carbonyl (C=O) groups excluding carboxylic acids is 1. The molecule has 0 radical (unpaired) electrons. The van der Waals surface area contributed by atoms with Gasteiger partial charge in [0.1, 0.15) is 12.3 Å². The van der Waals surface area contributed by atoms with Gasteiger partial charge in [0, 0.05) is 25.7 Å². The largest absolute Gasteiger partial charge is 0.476 e. The van der Waals surface area contributed by atoms with Gasteiger partial charge in [-0.05, 0) is 19.8 Å². The van der Waals surface area contributed by atoms with Gasteiger partial charge in [0.05, 0.1) is 17.4 Å². The van der Waals surface area contributed by atoms with E-state index in [1.54, 1.807) is 0 Å². The first-order chi connectivity index (χ1) is 9.37. The van der Waals surface area contributed by atoms with Crippen molar-refractivity contribution in [1.82, 2.24) is 0 Å². The van der Waals surface area contributed by atoms with Crippen molar-refractivity contribution in [3.05, 3.63) is 0 Å². The SMILES string of the molecule is C[C@@]12CCC(=[N+]3CCC[C@H]3C(=O)O)C[C@]1(O)CCC2=O. The van der Waals surface area contributed by atoms with Gasteiger partial charge in [-0.3, -0.25) is 4.79 Å². The standard InChI is InChI=1S/C15H21NO4/c1-14-6-4-10(9-15(14,20)7-5-12(14)17)16-8-2-3-11(16)13(18)19/h11,20H,2-9H2,1H3/p+1/t11-,14-,15+/m0/s1. The summed E-state index contributed by atoms with van der Waals surface area (Å²) in [6.45, 7) is 2.63. The summed E-state index contributed by atoms with van der Waals surface area (Å²) in [5, 5.41) is 20.2. The van der Waals surface area contributed by atoms with E-state index in [-0.39, 0.29) is 5.78 Å². The molecular weight excluding hydrogens is 258 g/mol. The van der Waals surface area contributed by atoms with E-state index < -0.39 is 23.0 Å². The van der Waals surface area contributed by atoms with Crippen LogP contribution in [-0.4, -0.2) is 50.4 Å². The van der Waals surface area contributed by atoms with Crippen molar-refractivity contribution in [2.75, 3.05) is 6.54 Å². The van der Waals surface area contributed by atoms with Gasteiger partial charge in [0.15, 0.2) is 5.71 Å². The molecule has 1 saturated heterocycles. The molecule has 5 heteroatoms. The number of aliphatic carboxylic acids is 1. The van der Waals surface area contributed by atoms with Gasteiger partial charge < -0.3 is 10.2 Å². The average molecular weight is 280 g/mol. The molecule has 110 valence electrons. The highest BCUT2D eigenvalue weighted by molar-refractivity contribution is 5.93. The Morgan fingerprint density at radius 3 is 2.80 bits per heavy atom. The zero-order valence-corrected chi connectivity index (χ0v) is 11.9. The van der Waals surface area contributed by atoms with Crippen LogP contribution in [0.4, 0.5) is 0 Å². The molecule has 0 unspecified atom stereocenters. The fourth-order valence-electron chi connectivity index (χ4n) is 4.25. The Bertz CT molecular complexity index is 512. The predicted molar refractivity (Wildman–Crippen MR) is 71.9 cm³/mol. The third-order valence-corrected chi connectivity index (χ3v) is 5.76. The monoisotopic (exact) mass is 280 g/mol. The number of hydrogen-bond acceptors (Lipinski definition) is 3. The molecule has 2 N–H and O–H groups in total. The highest BCUT2D eigenvalue weighted by Crippen LogP contribution is 2.52. The summed E-state index contributed by atoms with van der Waals surface area (Å²) in [6, 6.07) is -0.449. The predicted octanol–water partition coefficient (Wildman–Crippen LogP) is 0.971. The average Bonchev–Trinajstić information content (AvgIpc) is 2.96. The summed E-state index contributed by atoms with van der Waals surface area (Å²) in [5.41, 5.74) is -0.567. The Morgan fingerprint density at radius 2 is 2.10 bits per heavy atom. The van der Waals surface area contributed by atoms with Crippen LogP contribution in [-0.2, 0) is 9.59 Å². The molecular formula is C15H22NO4+. The second-order valence-corrected chi connectivity index (χ2v) is 6.72. The molecule has 0 bridgehead atoms. The molecule has 5 nitrogen and oxygen atoms in total. The van der Waals surface area contributed by atoms with Crippen LogP contribution in [0.25, 0.3) is 0 Å². The van der Waals surface area contributed by atoms with E-state index in [0.717, 1.165) is 25.1 Å². The Morgan fingerprint density at radius 1 is 1.35 bits per heavy atom. The van der Waals surface area contributed by atoms with Gasteiger partial charge in [-0.1, -0.05) is 0 Å². The Labute approximate surface area is 118 Å². The van der Waals surface area contributed by atoms with Crippen LogP contribution in [0.3, 0.4) is 0 Å². The number of fused-ring (bicyclic) bond motifs is 1. The van der Waals surface area contributed by atoms with E-state index in [9.17, 15) is 19.8 Å². The molecule has 2 saturated carbocycles. The number of carbonyl (C=O) groups is 2. The highest BCUT2D eigenvalue weighted by Gasteiger charge is 2.60. The van der Waals surface area contributed by atoms with Crippen molar-refractivity contribution in [2.45, 2.75) is 63.5 Å². The van der Waals surface area contributed by atoms with Gasteiger partial charge >= 0.3 is 5.97 Å². The zero-order chi connectivity index (χ0) is 14.5. The first-order valence-electron chi connectivity index (χ1n) is 7.47. The fraction of sp³-hybridized carbons (Fsp3) is 0.800. The second kappa shape index (κ2) is 4.38. The molecule has 3 atom stereocenters. The molecule has 2 aliphatic carbocycles. The number of aliphatic hydroxyl groups is 1. The maximum absolute atomic E-state index is 12.1. The zero-order valence-electron chi connectivity index (χ0n) is 11.9. The van der Waals surface area contributed by atoms with Crippen LogP contribution in [0.5, 0.6) is 0 Å². The molecule has 20 heavy (non-hydrogen) atoms. The lowest BCUT2D eigenvalue weighted by atomic mass is 9.65. The third-order valence-electron chi connectivity index (χ3n) is 5.76. The van der Waals surface area contributed by atoms with Crippen molar-refractivity contribution in [1.29, 1.82) is 0 Å². The van der Waals surface area contributed by atoms with Crippen molar-refractivity contribution in [3.8, 4) is 0 Å². The molecule has 0 aromatic rings. The Balaban J connectivity index is 1.93. The van der Waals surface area contributed by atoms with Crippen LogP contribution in [0.1, 0.15) is 51.9 Å². The summed E-state index contributed by atoms with van der Waals surface area (Å²) in [6.07, 6.45) is 4.34. The Kier molecular flexibility index (Phi) is 3.01. The summed E-state index contributed by atoms with van der Waals surface area (Å²) in [7, 11) is 0. The van der Waals surface area contributed by atoms with Gasteiger partial charge in [0.2, 0.25) is 6.04 Å². The molecule has 0 aromatic heterocycles. The first kappa shape index (κ1) is 13.7. The first-order valence-corrected chi connectivity index (χ1v) is 7.47. The smallest absolute Gasteiger partial charge is 0.372 e. The molecule has 0 spiro atoms. The quantitative estimate of drug-likeness (QED) is 0.702. The van der Waals surface area contributed by atoms with E-state index >= 15 is 0 Å². The van der Waals surface area contributed by atoms with Crippen molar-refractivity contribution in [3.63, 3.8) is 0 Å². The molecule has 0 amide bonds. The lowest BCUT2D eigenvalue weighted by molar-refractivity contribution is -0.536. The summed E-state index contributed by atoms with van der Waals surface area (Å²) >= 11 is 0. The maximum Gasteiger partial charge on any atom is 0.372 e. The number of rotatable bonds is 1. The molecule has 3 aliphatic rings. The lowest BCUT2D eigenvalue weighted by Crippen LogP contribution is -2.52. The summed E-state index contributed by atoms with van der Waals surface area (Å²) in [5.74, 6) is -0.618. The van der Waals surface area contributed by atoms with Gasteiger partial charge in [-0.25, -0.2) is 9.37 Å². The van der Waals surface area contributed by atoms with E-state index in [2.05, 4.69) is 0 Å². The van der Waals surface area contributed by atoms with E-state index in [0.29, 0.717) is 32.1 Å². The van der Waals surface area contributed by atoms with Gasteiger partial charge in [-0.15, -0.1) is 0 Å². The van der Waals surface area contributed by atoms with Crippen molar-refractivity contribution < 1.29 is 24.4 Å². The minimum atomic E-state index is -0.969. The lowest BCUT2D eigenvalue weighted by Gasteiger charge is -2.41. The van der Waals surface area contributed by atoms with Gasteiger partial charge in [0.25, 0.3) is 0 Å². The van der Waals surface area contributed by atoms with Crippen LogP contribution >= 0.6 is 0 Å². The van der Waals surface area contributed by atoms with Crippen LogP contribution in [0.2, 0.25) is 0 Å². The number of ketones is 1. The topological polar surface area (TPSA) is 77.6 Å². The highest BCUT2D eigenvalue weighted by atomic mass is 16.4. The minimum absolute atomic E-state index is 0.162. The summed E-state index contributed by atoms with van der Waals surface area (Å²) in [4.78, 5) is 23.4. The molecule has 3 fully saturated rings. The molecule has 0 aromatic carbocycles. The van der Waals surface area contributed by atoms with Crippen molar-refractivity contribution >= 4 is 17.5 Å². The number of hydrogen-bond donors (Lipinski definition) is 2. The van der Waals surface area contributed by atoms with Crippen LogP contribution in [0, 0.1) is 5.41 Å². The van der Waals surface area contributed by atoms with E-state index in [1.807, 2.05) is 11.5 Å². The number of Topliss-reactive ketones (excluding diaryl/α,β-unsaturated/α-hetero) is 1. The maximum atomic E-state index is 12.1. The third kappa shape index (κ3) is 1.75. The number of carboxylic acids is 1. The van der Waals surface area contributed by atoms with Gasteiger partial charge in [-0.2, -0.15) is 0 Å². The van der Waals surface area contributed by atoms with Crippen LogP contribution in [0.15, 0.2) is 0 Å².